The molecule has 2 aromatic heterocycles. The highest BCUT2D eigenvalue weighted by molar-refractivity contribution is 5.91. The highest BCUT2D eigenvalue weighted by atomic mass is 16.4. The van der Waals surface area contributed by atoms with E-state index in [2.05, 4.69) is 15.4 Å². The second-order valence-corrected chi connectivity index (χ2v) is 6.84. The van der Waals surface area contributed by atoms with Gasteiger partial charge in [0, 0.05) is 30.1 Å². The second kappa shape index (κ2) is 8.56. The largest absolute Gasteiger partial charge is 0.441 e. The summed E-state index contributed by atoms with van der Waals surface area (Å²) in [5.74, 6) is 1.33. The van der Waals surface area contributed by atoms with Gasteiger partial charge in [0.2, 0.25) is 11.8 Å². The van der Waals surface area contributed by atoms with E-state index in [4.69, 9.17) is 4.42 Å². The minimum Gasteiger partial charge on any atom is -0.441 e. The first-order valence-corrected chi connectivity index (χ1v) is 9.55. The second-order valence-electron chi connectivity index (χ2n) is 6.84. The van der Waals surface area contributed by atoms with Crippen LogP contribution in [0.5, 0.6) is 0 Å². The number of amides is 1. The standard InChI is InChI=1S/C23H22N4O2/c1-17-21(16-27-15-5-14-24-27)26-23(29-17)19-9-11-20(12-10-19)25-22(28)13-8-18-6-3-2-4-7-18/h2-7,9-12,14-15H,8,13,16H2,1H3,(H,25,28). The van der Waals surface area contributed by atoms with Crippen LogP contribution in [0.3, 0.4) is 0 Å². The Bertz CT molecular complexity index is 1070. The fraction of sp³-hybridized carbons (Fsp3) is 0.174. The molecule has 1 amide bonds. The van der Waals surface area contributed by atoms with E-state index in [0.717, 1.165) is 34.7 Å². The Morgan fingerprint density at radius 3 is 2.59 bits per heavy atom. The van der Waals surface area contributed by atoms with E-state index in [1.165, 1.54) is 0 Å². The number of anilines is 1. The lowest BCUT2D eigenvalue weighted by Crippen LogP contribution is -2.12. The molecule has 0 saturated carbocycles. The molecule has 4 rings (SSSR count). The molecule has 0 saturated heterocycles. The van der Waals surface area contributed by atoms with Gasteiger partial charge in [0.05, 0.1) is 6.54 Å². The lowest BCUT2D eigenvalue weighted by molar-refractivity contribution is -0.116. The van der Waals surface area contributed by atoms with E-state index in [1.54, 1.807) is 6.20 Å². The van der Waals surface area contributed by atoms with Crippen LogP contribution in [0.1, 0.15) is 23.4 Å². The van der Waals surface area contributed by atoms with Gasteiger partial charge >= 0.3 is 0 Å². The predicted octanol–water partition coefficient (Wildman–Crippen LogP) is 4.47. The summed E-state index contributed by atoms with van der Waals surface area (Å²) in [6.07, 6.45) is 4.80. The third kappa shape index (κ3) is 4.79. The highest BCUT2D eigenvalue weighted by Gasteiger charge is 2.12. The minimum atomic E-state index is -0.00456. The Balaban J connectivity index is 1.37. The summed E-state index contributed by atoms with van der Waals surface area (Å²) in [6, 6.07) is 19.4. The molecular formula is C23H22N4O2. The van der Waals surface area contributed by atoms with Gasteiger partial charge in [-0.05, 0) is 49.2 Å². The van der Waals surface area contributed by atoms with Crippen LogP contribution >= 0.6 is 0 Å². The Morgan fingerprint density at radius 2 is 1.86 bits per heavy atom. The van der Waals surface area contributed by atoms with Gasteiger partial charge in [0.1, 0.15) is 11.5 Å². The van der Waals surface area contributed by atoms with Crippen LogP contribution in [-0.2, 0) is 17.8 Å². The number of carbonyl (C=O) groups is 1. The van der Waals surface area contributed by atoms with Crippen LogP contribution in [0.4, 0.5) is 5.69 Å². The summed E-state index contributed by atoms with van der Waals surface area (Å²) >= 11 is 0. The quantitative estimate of drug-likeness (QED) is 0.509. The van der Waals surface area contributed by atoms with Crippen molar-refractivity contribution in [1.29, 1.82) is 0 Å². The minimum absolute atomic E-state index is 0.00456. The molecule has 29 heavy (non-hydrogen) atoms. The highest BCUT2D eigenvalue weighted by Crippen LogP contribution is 2.24. The van der Waals surface area contributed by atoms with Gasteiger partial charge in [0.15, 0.2) is 0 Å². The van der Waals surface area contributed by atoms with E-state index >= 15 is 0 Å². The van der Waals surface area contributed by atoms with Gasteiger partial charge in [-0.3, -0.25) is 9.48 Å². The number of rotatable bonds is 7. The van der Waals surface area contributed by atoms with Crippen LogP contribution in [0.15, 0.2) is 77.5 Å². The van der Waals surface area contributed by atoms with Crippen molar-refractivity contribution in [2.24, 2.45) is 0 Å². The Labute approximate surface area is 169 Å². The normalized spacial score (nSPS) is 10.8. The van der Waals surface area contributed by atoms with Crippen molar-refractivity contribution in [2.45, 2.75) is 26.3 Å². The SMILES string of the molecule is Cc1oc(-c2ccc(NC(=O)CCc3ccccc3)cc2)nc1Cn1cccn1. The third-order valence-corrected chi connectivity index (χ3v) is 4.66. The average Bonchev–Trinajstić information content (AvgIpc) is 3.38. The van der Waals surface area contributed by atoms with Crippen molar-refractivity contribution >= 4 is 11.6 Å². The van der Waals surface area contributed by atoms with Crippen LogP contribution < -0.4 is 5.32 Å². The maximum atomic E-state index is 12.2. The number of aryl methyl sites for hydroxylation is 2. The molecule has 0 bridgehead atoms. The lowest BCUT2D eigenvalue weighted by Gasteiger charge is -2.06. The van der Waals surface area contributed by atoms with Crippen molar-refractivity contribution in [3.63, 3.8) is 0 Å². The first-order chi connectivity index (χ1) is 14.2. The molecule has 2 aromatic carbocycles. The topological polar surface area (TPSA) is 73.0 Å². The maximum absolute atomic E-state index is 12.2. The van der Waals surface area contributed by atoms with Gasteiger partial charge in [-0.25, -0.2) is 4.98 Å². The predicted molar refractivity (Wildman–Crippen MR) is 111 cm³/mol. The number of oxazole rings is 1. The van der Waals surface area contributed by atoms with E-state index in [-0.39, 0.29) is 5.91 Å². The van der Waals surface area contributed by atoms with Crippen LogP contribution in [0.25, 0.3) is 11.5 Å². The number of nitrogens with one attached hydrogen (secondary N) is 1. The van der Waals surface area contributed by atoms with Crippen LogP contribution in [0.2, 0.25) is 0 Å². The van der Waals surface area contributed by atoms with Gasteiger partial charge in [-0.15, -0.1) is 0 Å². The summed E-state index contributed by atoms with van der Waals surface area (Å²) in [6.45, 7) is 2.47. The summed E-state index contributed by atoms with van der Waals surface area (Å²) in [5, 5.41) is 7.14. The monoisotopic (exact) mass is 386 g/mol. The third-order valence-electron chi connectivity index (χ3n) is 4.66. The molecule has 6 heteroatoms. The zero-order valence-electron chi connectivity index (χ0n) is 16.2. The smallest absolute Gasteiger partial charge is 0.226 e. The Hall–Kier alpha value is -3.67. The van der Waals surface area contributed by atoms with Gasteiger partial charge in [-0.2, -0.15) is 5.10 Å². The molecule has 1 N–H and O–H groups in total. The van der Waals surface area contributed by atoms with Gasteiger partial charge in [0.25, 0.3) is 0 Å². The zero-order valence-corrected chi connectivity index (χ0v) is 16.2. The van der Waals surface area contributed by atoms with E-state index in [9.17, 15) is 4.79 Å². The van der Waals surface area contributed by atoms with E-state index < -0.39 is 0 Å². The molecular weight excluding hydrogens is 364 g/mol. The van der Waals surface area contributed by atoms with E-state index in [1.807, 2.05) is 78.5 Å². The van der Waals surface area contributed by atoms with Gasteiger partial charge < -0.3 is 9.73 Å². The molecule has 6 nitrogen and oxygen atoms in total. The lowest BCUT2D eigenvalue weighted by atomic mass is 10.1. The summed E-state index contributed by atoms with van der Waals surface area (Å²) in [4.78, 5) is 16.8. The fourth-order valence-corrected chi connectivity index (χ4v) is 3.07. The number of nitrogens with zero attached hydrogens (tertiary/aromatic N) is 3. The molecule has 0 aliphatic heterocycles. The summed E-state index contributed by atoms with van der Waals surface area (Å²) < 4.78 is 7.63. The molecule has 0 spiro atoms. The number of hydrogen-bond donors (Lipinski definition) is 1. The summed E-state index contributed by atoms with van der Waals surface area (Å²) in [5.41, 5.74) is 3.62. The molecule has 0 unspecified atom stereocenters. The molecule has 0 aliphatic rings. The number of carbonyl (C=O) groups excluding carboxylic acids is 1. The molecule has 2 heterocycles. The fourth-order valence-electron chi connectivity index (χ4n) is 3.07. The maximum Gasteiger partial charge on any atom is 0.226 e. The van der Waals surface area contributed by atoms with Crippen molar-refractivity contribution in [2.75, 3.05) is 5.32 Å². The van der Waals surface area contributed by atoms with E-state index in [0.29, 0.717) is 18.9 Å². The zero-order chi connectivity index (χ0) is 20.1. The van der Waals surface area contributed by atoms with Gasteiger partial charge in [-0.1, -0.05) is 30.3 Å². The van der Waals surface area contributed by atoms with Crippen molar-refractivity contribution in [3.05, 3.63) is 90.1 Å². The van der Waals surface area contributed by atoms with Crippen molar-refractivity contribution < 1.29 is 9.21 Å². The van der Waals surface area contributed by atoms with Crippen molar-refractivity contribution in [1.82, 2.24) is 14.8 Å². The molecule has 146 valence electrons. The number of aromatic nitrogens is 3. The molecule has 4 aromatic rings. The molecule has 0 radical (unpaired) electrons. The number of benzene rings is 2. The Kier molecular flexibility index (Phi) is 5.52. The van der Waals surface area contributed by atoms with Crippen molar-refractivity contribution in [3.8, 4) is 11.5 Å². The first-order valence-electron chi connectivity index (χ1n) is 9.55. The Morgan fingerprint density at radius 1 is 1.07 bits per heavy atom. The number of hydrogen-bond acceptors (Lipinski definition) is 4. The average molecular weight is 386 g/mol. The molecule has 0 atom stereocenters. The summed E-state index contributed by atoms with van der Waals surface area (Å²) in [7, 11) is 0. The van der Waals surface area contributed by atoms with Crippen LogP contribution in [0, 0.1) is 6.92 Å². The van der Waals surface area contributed by atoms with Crippen LogP contribution in [-0.4, -0.2) is 20.7 Å². The molecule has 0 aliphatic carbocycles. The first kappa shape index (κ1) is 18.7. The molecule has 0 fully saturated rings.